The molecular weight excluding hydrogens is 455 g/mol. The second-order valence-corrected chi connectivity index (χ2v) is 9.70. The lowest BCUT2D eigenvalue weighted by Gasteiger charge is -2.34. The van der Waals surface area contributed by atoms with Crippen molar-refractivity contribution >= 4 is 18.0 Å². The van der Waals surface area contributed by atoms with Crippen LogP contribution in [0.25, 0.3) is 6.08 Å². The van der Waals surface area contributed by atoms with Gasteiger partial charge in [0.25, 0.3) is 0 Å². The van der Waals surface area contributed by atoms with E-state index in [2.05, 4.69) is 50.5 Å². The van der Waals surface area contributed by atoms with Crippen molar-refractivity contribution in [2.75, 3.05) is 13.1 Å². The monoisotopic (exact) mass is 492 g/mol. The zero-order valence-electron chi connectivity index (χ0n) is 21.1. The normalized spacial score (nSPS) is 26.1. The van der Waals surface area contributed by atoms with Crippen LogP contribution in [0.3, 0.4) is 0 Å². The van der Waals surface area contributed by atoms with Gasteiger partial charge in [0.05, 0.1) is 17.6 Å². The largest absolute Gasteiger partial charge is 0.381 e. The molecule has 36 heavy (non-hydrogen) atoms. The number of hydrogen-bond acceptors (Lipinski definition) is 7. The lowest BCUT2D eigenvalue weighted by Crippen LogP contribution is -2.45. The average Bonchev–Trinajstić information content (AvgIpc) is 3.28. The molecule has 2 aliphatic heterocycles. The van der Waals surface area contributed by atoms with Crippen molar-refractivity contribution in [1.29, 1.82) is 5.41 Å². The third-order valence-corrected chi connectivity index (χ3v) is 6.74. The second-order valence-electron chi connectivity index (χ2n) is 9.70. The number of nitrogens with zero attached hydrogens (tertiary/aromatic N) is 2. The quantitative estimate of drug-likeness (QED) is 0.234. The van der Waals surface area contributed by atoms with Gasteiger partial charge < -0.3 is 26.7 Å². The van der Waals surface area contributed by atoms with Gasteiger partial charge in [-0.3, -0.25) is 15.4 Å². The third kappa shape index (κ3) is 6.02. The fourth-order valence-electron chi connectivity index (χ4n) is 4.90. The van der Waals surface area contributed by atoms with E-state index in [1.807, 2.05) is 25.3 Å². The van der Waals surface area contributed by atoms with Crippen LogP contribution in [0, 0.1) is 11.3 Å². The highest BCUT2D eigenvalue weighted by molar-refractivity contribution is 6.05. The highest BCUT2D eigenvalue weighted by Crippen LogP contribution is 2.23. The van der Waals surface area contributed by atoms with Crippen LogP contribution in [0.1, 0.15) is 51.3 Å². The predicted molar refractivity (Wildman–Crippen MR) is 144 cm³/mol. The fourth-order valence-corrected chi connectivity index (χ4v) is 4.90. The maximum Gasteiger partial charge on any atom is 0.180 e. The maximum absolute atomic E-state index is 14.7. The third-order valence-electron chi connectivity index (χ3n) is 6.74. The van der Waals surface area contributed by atoms with Gasteiger partial charge in [0.2, 0.25) is 0 Å². The van der Waals surface area contributed by atoms with E-state index in [1.54, 1.807) is 6.08 Å². The number of aromatic nitrogens is 1. The molecule has 4 unspecified atom stereocenters. The van der Waals surface area contributed by atoms with Gasteiger partial charge in [-0.2, -0.15) is 0 Å². The Morgan fingerprint density at radius 3 is 2.94 bits per heavy atom. The molecule has 0 bridgehead atoms. The van der Waals surface area contributed by atoms with Crippen molar-refractivity contribution in [3.8, 4) is 0 Å². The molecule has 3 heterocycles. The molecule has 4 rings (SSSR count). The number of aliphatic imine (C=N–C) groups is 1. The second kappa shape index (κ2) is 11.5. The summed E-state index contributed by atoms with van der Waals surface area (Å²) in [6.45, 7) is 9.23. The van der Waals surface area contributed by atoms with Crippen LogP contribution in [0.15, 0.2) is 63.9 Å². The molecule has 192 valence electrons. The number of nitrogens with one attached hydrogen (secondary N) is 5. The van der Waals surface area contributed by atoms with Crippen LogP contribution >= 0.6 is 0 Å². The number of aromatic amines is 1. The summed E-state index contributed by atoms with van der Waals surface area (Å²) in [5, 5.41) is 19.4. The molecular formula is C27H37FN8. The number of H-pyrrole nitrogens is 1. The standard InChI is InChI=1S/C27H37FN8/c1-4-6-18(12-29)10-24(30)17(3)34-19-7-5-8-20(11-19)35-27-23(28)15-33-26(36-27)22-14-32-25-21(22)9-16(2)13-31-25/h4,6,9-10,14-16,19-20,26,30,34-36H,3,5,7-8,11-13,29H2,1-2H3,(H,31,32)/b6-4-,18-10+,30-24?. The van der Waals surface area contributed by atoms with Gasteiger partial charge in [-0.15, -0.1) is 0 Å². The minimum atomic E-state index is -0.401. The first-order valence-corrected chi connectivity index (χ1v) is 12.6. The van der Waals surface area contributed by atoms with Crippen molar-refractivity contribution in [2.24, 2.45) is 21.6 Å². The summed E-state index contributed by atoms with van der Waals surface area (Å²) < 4.78 is 14.7. The number of rotatable bonds is 9. The molecule has 7 N–H and O–H groups in total. The van der Waals surface area contributed by atoms with Crippen molar-refractivity contribution in [3.63, 3.8) is 0 Å². The molecule has 0 spiro atoms. The Kier molecular flexibility index (Phi) is 8.20. The van der Waals surface area contributed by atoms with Gasteiger partial charge in [0.15, 0.2) is 5.83 Å². The minimum absolute atomic E-state index is 0.0820. The van der Waals surface area contributed by atoms with Crippen LogP contribution in [0.2, 0.25) is 0 Å². The zero-order valence-corrected chi connectivity index (χ0v) is 21.1. The summed E-state index contributed by atoms with van der Waals surface area (Å²) in [4.78, 5) is 12.2. The molecule has 3 aliphatic rings. The van der Waals surface area contributed by atoms with Crippen molar-refractivity contribution in [2.45, 2.75) is 57.8 Å². The van der Waals surface area contributed by atoms with E-state index >= 15 is 0 Å². The molecule has 0 amide bonds. The maximum atomic E-state index is 14.7. The summed E-state index contributed by atoms with van der Waals surface area (Å²) in [6, 6.07) is 0.227. The van der Waals surface area contributed by atoms with E-state index in [-0.39, 0.29) is 18.2 Å². The lowest BCUT2D eigenvalue weighted by molar-refractivity contribution is 0.321. The first kappa shape index (κ1) is 25.6. The van der Waals surface area contributed by atoms with E-state index < -0.39 is 5.83 Å². The molecule has 1 aromatic heterocycles. The van der Waals surface area contributed by atoms with E-state index in [0.29, 0.717) is 29.7 Å². The number of nitrogens with two attached hydrogens (primary N) is 1. The molecule has 4 atom stereocenters. The number of hydrogen-bond donors (Lipinski definition) is 6. The van der Waals surface area contributed by atoms with Crippen LogP contribution in [0.4, 0.5) is 4.39 Å². The molecule has 1 aliphatic carbocycles. The molecule has 0 radical (unpaired) electrons. The SMILES string of the molecule is C=C(NC1CCCC(NC2=C(F)C=NC(c3c[nH]c4c3=CC(C)CN=4)N2)C1)C(=N)/C=C(\C=C/C)CN. The summed E-state index contributed by atoms with van der Waals surface area (Å²) >= 11 is 0. The molecule has 9 heteroatoms. The zero-order chi connectivity index (χ0) is 25.7. The number of fused-ring (bicyclic) bond motifs is 1. The highest BCUT2D eigenvalue weighted by Gasteiger charge is 2.27. The molecule has 1 saturated carbocycles. The Hall–Kier alpha value is -3.46. The number of allylic oxidation sites excluding steroid dienone is 3. The predicted octanol–water partition coefficient (Wildman–Crippen LogP) is 2.36. The van der Waals surface area contributed by atoms with E-state index in [1.165, 1.54) is 6.21 Å². The Bertz CT molecular complexity index is 1230. The van der Waals surface area contributed by atoms with Crippen LogP contribution < -0.4 is 32.4 Å². The van der Waals surface area contributed by atoms with Gasteiger partial charge in [-0.05, 0) is 50.2 Å². The molecule has 0 aromatic carbocycles. The highest BCUT2D eigenvalue weighted by atomic mass is 19.1. The fraction of sp³-hybridized carbons (Fsp3) is 0.444. The average molecular weight is 493 g/mol. The smallest absolute Gasteiger partial charge is 0.180 e. The van der Waals surface area contributed by atoms with Crippen molar-refractivity contribution in [1.82, 2.24) is 20.9 Å². The molecule has 1 aromatic rings. The van der Waals surface area contributed by atoms with E-state index in [9.17, 15) is 4.39 Å². The summed E-state index contributed by atoms with van der Waals surface area (Å²) in [7, 11) is 0. The summed E-state index contributed by atoms with van der Waals surface area (Å²) in [6.07, 6.45) is 14.2. The Morgan fingerprint density at radius 1 is 1.36 bits per heavy atom. The van der Waals surface area contributed by atoms with Crippen LogP contribution in [0.5, 0.6) is 0 Å². The van der Waals surface area contributed by atoms with Gasteiger partial charge in [-0.25, -0.2) is 4.39 Å². The van der Waals surface area contributed by atoms with Crippen molar-refractivity contribution in [3.05, 3.63) is 70.2 Å². The molecule has 1 fully saturated rings. The lowest BCUT2D eigenvalue weighted by atomic mass is 9.90. The number of halogens is 1. The van der Waals surface area contributed by atoms with Crippen molar-refractivity contribution < 1.29 is 4.39 Å². The topological polar surface area (TPSA) is 126 Å². The van der Waals surface area contributed by atoms with E-state index in [4.69, 9.17) is 11.1 Å². The van der Waals surface area contributed by atoms with Crippen LogP contribution in [-0.2, 0) is 0 Å². The first-order chi connectivity index (χ1) is 17.4. The van der Waals surface area contributed by atoms with Gasteiger partial charge in [0.1, 0.15) is 17.5 Å². The Morgan fingerprint density at radius 2 is 2.17 bits per heavy atom. The van der Waals surface area contributed by atoms with Gasteiger partial charge >= 0.3 is 0 Å². The van der Waals surface area contributed by atoms with E-state index in [0.717, 1.165) is 54.1 Å². The van der Waals surface area contributed by atoms with Crippen LogP contribution in [-0.4, -0.2) is 42.1 Å². The molecule has 0 saturated heterocycles. The summed E-state index contributed by atoms with van der Waals surface area (Å²) in [5.74, 6) is 0.320. The Balaban J connectivity index is 1.38. The first-order valence-electron chi connectivity index (χ1n) is 12.6. The van der Waals surface area contributed by atoms with Gasteiger partial charge in [-0.1, -0.05) is 31.7 Å². The summed E-state index contributed by atoms with van der Waals surface area (Å²) in [5.41, 5.74) is 9.34. The van der Waals surface area contributed by atoms with Gasteiger partial charge in [0, 0.05) is 42.2 Å². The minimum Gasteiger partial charge on any atom is -0.381 e. The Labute approximate surface area is 211 Å². The molecule has 8 nitrogen and oxygen atoms in total.